The van der Waals surface area contributed by atoms with E-state index < -0.39 is 0 Å². The molecular formula is C12H13ClFN3. The first-order valence-electron chi connectivity index (χ1n) is 5.41. The summed E-state index contributed by atoms with van der Waals surface area (Å²) in [7, 11) is 0. The number of hydrogen-bond donors (Lipinski definition) is 1. The second-order valence-electron chi connectivity index (χ2n) is 3.61. The van der Waals surface area contributed by atoms with E-state index >= 15 is 0 Å². The predicted octanol–water partition coefficient (Wildman–Crippen LogP) is 3.31. The van der Waals surface area contributed by atoms with Gasteiger partial charge in [0.15, 0.2) is 0 Å². The molecule has 1 aromatic carbocycles. The van der Waals surface area contributed by atoms with Crippen LogP contribution in [-0.2, 0) is 13.1 Å². The summed E-state index contributed by atoms with van der Waals surface area (Å²) in [6, 6.07) is 6.51. The molecule has 0 spiro atoms. The highest BCUT2D eigenvalue weighted by Gasteiger charge is 2.07. The summed E-state index contributed by atoms with van der Waals surface area (Å²) in [5.41, 5.74) is 0.459. The van der Waals surface area contributed by atoms with Gasteiger partial charge in [-0.2, -0.15) is 5.10 Å². The van der Waals surface area contributed by atoms with Crippen molar-refractivity contribution in [1.29, 1.82) is 0 Å². The number of benzene rings is 1. The number of aromatic nitrogens is 2. The normalized spacial score (nSPS) is 10.5. The lowest BCUT2D eigenvalue weighted by Gasteiger charge is -2.06. The fourth-order valence-electron chi connectivity index (χ4n) is 1.51. The largest absolute Gasteiger partial charge is 0.364 e. The first-order chi connectivity index (χ1) is 8.20. The van der Waals surface area contributed by atoms with E-state index in [-0.39, 0.29) is 5.82 Å². The molecule has 1 aromatic heterocycles. The third-order valence-corrected chi connectivity index (χ3v) is 2.83. The number of hydrogen-bond acceptors (Lipinski definition) is 2. The van der Waals surface area contributed by atoms with E-state index in [0.29, 0.717) is 22.9 Å². The molecule has 0 atom stereocenters. The SMILES string of the molecule is CCn1ccc(NCc2c(F)cccc2Cl)n1. The van der Waals surface area contributed by atoms with Crippen LogP contribution in [0.5, 0.6) is 0 Å². The second-order valence-corrected chi connectivity index (χ2v) is 4.02. The monoisotopic (exact) mass is 253 g/mol. The van der Waals surface area contributed by atoms with Crippen LogP contribution >= 0.6 is 11.6 Å². The van der Waals surface area contributed by atoms with E-state index in [9.17, 15) is 4.39 Å². The van der Waals surface area contributed by atoms with Crippen molar-refractivity contribution in [1.82, 2.24) is 9.78 Å². The van der Waals surface area contributed by atoms with Crippen LogP contribution in [0.1, 0.15) is 12.5 Å². The average molecular weight is 254 g/mol. The topological polar surface area (TPSA) is 29.9 Å². The molecule has 0 radical (unpaired) electrons. The van der Waals surface area contributed by atoms with Gasteiger partial charge in [0.25, 0.3) is 0 Å². The maximum atomic E-state index is 13.5. The molecule has 2 rings (SSSR count). The third kappa shape index (κ3) is 2.77. The van der Waals surface area contributed by atoms with Gasteiger partial charge in [0.05, 0.1) is 0 Å². The molecule has 0 saturated heterocycles. The Morgan fingerprint density at radius 1 is 1.41 bits per heavy atom. The van der Waals surface area contributed by atoms with Crippen LogP contribution in [0.3, 0.4) is 0 Å². The van der Waals surface area contributed by atoms with Gasteiger partial charge in [-0.3, -0.25) is 4.68 Å². The van der Waals surface area contributed by atoms with E-state index in [1.54, 1.807) is 16.8 Å². The van der Waals surface area contributed by atoms with E-state index in [2.05, 4.69) is 10.4 Å². The number of nitrogens with one attached hydrogen (secondary N) is 1. The Morgan fingerprint density at radius 3 is 2.88 bits per heavy atom. The molecule has 0 bridgehead atoms. The van der Waals surface area contributed by atoms with Gasteiger partial charge in [-0.15, -0.1) is 0 Å². The quantitative estimate of drug-likeness (QED) is 0.906. The van der Waals surface area contributed by atoms with Crippen molar-refractivity contribution in [2.45, 2.75) is 20.0 Å². The highest BCUT2D eigenvalue weighted by atomic mass is 35.5. The maximum absolute atomic E-state index is 13.5. The fourth-order valence-corrected chi connectivity index (χ4v) is 1.74. The zero-order valence-electron chi connectivity index (χ0n) is 9.45. The van der Waals surface area contributed by atoms with Gasteiger partial charge < -0.3 is 5.32 Å². The van der Waals surface area contributed by atoms with Crippen molar-refractivity contribution in [3.8, 4) is 0 Å². The van der Waals surface area contributed by atoms with Crippen molar-refractivity contribution in [2.24, 2.45) is 0 Å². The molecule has 3 nitrogen and oxygen atoms in total. The summed E-state index contributed by atoms with van der Waals surface area (Å²) in [4.78, 5) is 0. The van der Waals surface area contributed by atoms with Gasteiger partial charge in [-0.1, -0.05) is 17.7 Å². The molecule has 0 amide bonds. The Bertz CT molecular complexity index is 490. The van der Waals surface area contributed by atoms with Crippen LogP contribution in [0.2, 0.25) is 5.02 Å². The van der Waals surface area contributed by atoms with Gasteiger partial charge in [0, 0.05) is 35.9 Å². The Hall–Kier alpha value is -1.55. The van der Waals surface area contributed by atoms with Crippen LogP contribution in [0.4, 0.5) is 10.2 Å². The van der Waals surface area contributed by atoms with Gasteiger partial charge in [-0.05, 0) is 19.1 Å². The lowest BCUT2D eigenvalue weighted by Crippen LogP contribution is -2.04. The Morgan fingerprint density at radius 2 is 2.24 bits per heavy atom. The molecule has 0 aliphatic rings. The first kappa shape index (κ1) is 11.9. The molecule has 0 fully saturated rings. The molecule has 0 aliphatic carbocycles. The van der Waals surface area contributed by atoms with Gasteiger partial charge >= 0.3 is 0 Å². The van der Waals surface area contributed by atoms with Crippen LogP contribution in [-0.4, -0.2) is 9.78 Å². The van der Waals surface area contributed by atoms with Crippen LogP contribution in [0.15, 0.2) is 30.5 Å². The minimum absolute atomic E-state index is 0.306. The third-order valence-electron chi connectivity index (χ3n) is 2.47. The van der Waals surface area contributed by atoms with Crippen LogP contribution in [0.25, 0.3) is 0 Å². The summed E-state index contributed by atoms with van der Waals surface area (Å²) < 4.78 is 15.3. The summed E-state index contributed by atoms with van der Waals surface area (Å²) in [5.74, 6) is 0.408. The molecule has 0 unspecified atom stereocenters. The van der Waals surface area contributed by atoms with E-state index in [0.717, 1.165) is 6.54 Å². The summed E-state index contributed by atoms with van der Waals surface area (Å²) in [5, 5.41) is 7.71. The number of nitrogens with zero attached hydrogens (tertiary/aromatic N) is 2. The van der Waals surface area contributed by atoms with Gasteiger partial charge in [-0.25, -0.2) is 4.39 Å². The first-order valence-corrected chi connectivity index (χ1v) is 5.78. The number of rotatable bonds is 4. The standard InChI is InChI=1S/C12H13ClFN3/c1-2-17-7-6-12(16-17)15-8-9-10(13)4-3-5-11(9)14/h3-7H,2,8H2,1H3,(H,15,16). The Balaban J connectivity index is 2.07. The maximum Gasteiger partial charge on any atom is 0.148 e. The summed E-state index contributed by atoms with van der Waals surface area (Å²) in [6.45, 7) is 3.14. The second kappa shape index (κ2) is 5.19. The molecule has 1 heterocycles. The highest BCUT2D eigenvalue weighted by Crippen LogP contribution is 2.19. The summed E-state index contributed by atoms with van der Waals surface area (Å²) in [6.07, 6.45) is 1.87. The lowest BCUT2D eigenvalue weighted by molar-refractivity contribution is 0.612. The minimum atomic E-state index is -0.306. The molecule has 0 aliphatic heterocycles. The number of anilines is 1. The van der Waals surface area contributed by atoms with E-state index in [4.69, 9.17) is 11.6 Å². The lowest BCUT2D eigenvalue weighted by atomic mass is 10.2. The molecular weight excluding hydrogens is 241 g/mol. The fraction of sp³-hybridized carbons (Fsp3) is 0.250. The van der Waals surface area contributed by atoms with Crippen molar-refractivity contribution in [3.63, 3.8) is 0 Å². The van der Waals surface area contributed by atoms with Gasteiger partial charge in [0.1, 0.15) is 11.6 Å². The summed E-state index contributed by atoms with van der Waals surface area (Å²) >= 11 is 5.92. The molecule has 1 N–H and O–H groups in total. The molecule has 17 heavy (non-hydrogen) atoms. The average Bonchev–Trinajstić information content (AvgIpc) is 2.76. The minimum Gasteiger partial charge on any atom is -0.364 e. The molecule has 0 saturated carbocycles. The number of halogens is 2. The Kier molecular flexibility index (Phi) is 3.64. The molecule has 2 aromatic rings. The zero-order valence-corrected chi connectivity index (χ0v) is 10.2. The van der Waals surface area contributed by atoms with E-state index in [1.165, 1.54) is 6.07 Å². The van der Waals surface area contributed by atoms with Crippen molar-refractivity contribution in [2.75, 3.05) is 5.32 Å². The smallest absolute Gasteiger partial charge is 0.148 e. The van der Waals surface area contributed by atoms with Crippen LogP contribution < -0.4 is 5.32 Å². The van der Waals surface area contributed by atoms with Crippen molar-refractivity contribution < 1.29 is 4.39 Å². The van der Waals surface area contributed by atoms with Crippen molar-refractivity contribution >= 4 is 17.4 Å². The van der Waals surface area contributed by atoms with Gasteiger partial charge in [0.2, 0.25) is 0 Å². The zero-order chi connectivity index (χ0) is 12.3. The number of aryl methyl sites for hydroxylation is 1. The molecule has 90 valence electrons. The van der Waals surface area contributed by atoms with Crippen LogP contribution in [0, 0.1) is 5.82 Å². The van der Waals surface area contributed by atoms with Crippen molar-refractivity contribution in [3.05, 3.63) is 46.9 Å². The van der Waals surface area contributed by atoms with E-state index in [1.807, 2.05) is 19.2 Å². The highest BCUT2D eigenvalue weighted by molar-refractivity contribution is 6.31. The Labute approximate surface area is 104 Å². The predicted molar refractivity (Wildman–Crippen MR) is 66.6 cm³/mol. The molecule has 5 heteroatoms.